The van der Waals surface area contributed by atoms with E-state index in [-0.39, 0.29) is 14.5 Å². The number of nitrogens with two attached hydrogens (primary N) is 1. The lowest BCUT2D eigenvalue weighted by Gasteiger charge is -2.40. The maximum Gasteiger partial charge on any atom is 0.215 e. The predicted molar refractivity (Wildman–Crippen MR) is 119 cm³/mol. The number of carbonyl (C=O) groups is 1. The van der Waals surface area contributed by atoms with Crippen molar-refractivity contribution in [2.24, 2.45) is 0 Å². The van der Waals surface area contributed by atoms with Crippen LogP contribution < -0.4 is 10.6 Å². The van der Waals surface area contributed by atoms with E-state index in [2.05, 4.69) is 35.7 Å². The van der Waals surface area contributed by atoms with Crippen LogP contribution in [0.5, 0.6) is 0 Å². The fraction of sp³-hybridized carbons (Fsp3) is 0.476. The average Bonchev–Trinajstić information content (AvgIpc) is 2.76. The van der Waals surface area contributed by atoms with E-state index in [9.17, 15) is 4.79 Å². The number of rotatable bonds is 4. The van der Waals surface area contributed by atoms with Gasteiger partial charge in [0, 0.05) is 32.7 Å². The summed E-state index contributed by atoms with van der Waals surface area (Å²) in [4.78, 5) is 26.5. The number of nitrogens with zero attached hydrogens (tertiary/aromatic N) is 4. The molecule has 2 aliphatic rings. The zero-order chi connectivity index (χ0) is 19.5. The minimum atomic E-state index is -0.198. The average molecular weight is 448 g/mol. The van der Waals surface area contributed by atoms with Gasteiger partial charge in [-0.1, -0.05) is 12.5 Å². The van der Waals surface area contributed by atoms with Gasteiger partial charge in [-0.05, 0) is 72.9 Å². The molecule has 7 heteroatoms. The van der Waals surface area contributed by atoms with Crippen LogP contribution in [0.3, 0.4) is 0 Å². The van der Waals surface area contributed by atoms with Crippen molar-refractivity contribution >= 4 is 33.3 Å². The molecule has 0 amide bonds. The van der Waals surface area contributed by atoms with Crippen LogP contribution in [0, 0.1) is 0 Å². The second-order valence-corrected chi connectivity index (χ2v) is 8.53. The number of carbonyl (C=O) groups excluding carboxylic acids is 1. The Morgan fingerprint density at radius 1 is 1.14 bits per heavy atom. The Labute approximate surface area is 177 Å². The first-order chi connectivity index (χ1) is 13.6. The van der Waals surface area contributed by atoms with Gasteiger partial charge in [0.05, 0.1) is 5.56 Å². The van der Waals surface area contributed by atoms with E-state index in [1.807, 2.05) is 12.1 Å². The van der Waals surface area contributed by atoms with Crippen molar-refractivity contribution in [2.75, 3.05) is 36.8 Å². The third-order valence-corrected chi connectivity index (χ3v) is 6.23. The van der Waals surface area contributed by atoms with Gasteiger partial charge >= 0.3 is 0 Å². The van der Waals surface area contributed by atoms with Crippen molar-refractivity contribution in [2.45, 2.75) is 38.1 Å². The van der Waals surface area contributed by atoms with Gasteiger partial charge in [-0.3, -0.25) is 4.79 Å². The van der Waals surface area contributed by atoms with E-state index in [0.29, 0.717) is 17.3 Å². The topological polar surface area (TPSA) is 75.3 Å². The van der Waals surface area contributed by atoms with Crippen LogP contribution in [0.2, 0.25) is 0 Å². The smallest absolute Gasteiger partial charge is 0.215 e. The molecule has 4 heterocycles. The Balaban J connectivity index is 0.00000160. The first kappa shape index (κ1) is 19.3. The Bertz CT molecular complexity index is 855. The molecule has 2 fully saturated rings. The molecule has 28 heavy (non-hydrogen) atoms. The number of anilines is 2. The number of likely N-dealkylation sites (tertiary alicyclic amines) is 1. The van der Waals surface area contributed by atoms with E-state index in [0.717, 1.165) is 36.2 Å². The largest absolute Gasteiger partial charge is 0.383 e. The van der Waals surface area contributed by atoms with Gasteiger partial charge in [0.2, 0.25) is 5.78 Å². The van der Waals surface area contributed by atoms with Crippen molar-refractivity contribution in [1.82, 2.24) is 14.9 Å². The lowest BCUT2D eigenvalue weighted by molar-refractivity contribution is 0.103. The zero-order valence-corrected chi connectivity index (χ0v) is 17.6. The molecule has 0 radical (unpaired) electrons. The van der Waals surface area contributed by atoms with Crippen LogP contribution in [-0.2, 0) is 0 Å². The van der Waals surface area contributed by atoms with Gasteiger partial charge in [-0.2, -0.15) is 0 Å². The summed E-state index contributed by atoms with van der Waals surface area (Å²) in [6, 6.07) is 8.01. The monoisotopic (exact) mass is 447 g/mol. The molecule has 0 spiro atoms. The van der Waals surface area contributed by atoms with Crippen LogP contribution in [0.4, 0.5) is 11.6 Å². The van der Waals surface area contributed by atoms with Gasteiger partial charge in [-0.25, -0.2) is 9.97 Å². The molecule has 0 saturated carbocycles. The normalized spacial score (nSPS) is 19.0. The Hall–Kier alpha value is -1.99. The highest BCUT2D eigenvalue weighted by molar-refractivity contribution is 9.10. The molecule has 0 bridgehead atoms. The van der Waals surface area contributed by atoms with Crippen molar-refractivity contribution in [3.63, 3.8) is 0 Å². The number of halogens is 1. The van der Waals surface area contributed by atoms with Gasteiger partial charge in [0.1, 0.15) is 17.3 Å². The standard InChI is InChI=1S/C21H26BrN5O.2H2/c22-15-13-17(21(23)24-14-15)20(28)18-5-4-6-19(25-18)27-11-7-16(8-12-27)26-9-2-1-3-10-26;;/h4-6,13-14,16H,1-3,7-12H2,(H2,23,24);2*1H. The van der Waals surface area contributed by atoms with Crippen LogP contribution in [-0.4, -0.2) is 52.9 Å². The number of nitrogen functional groups attached to an aromatic ring is 1. The number of piperidine rings is 2. The lowest BCUT2D eigenvalue weighted by atomic mass is 10.00. The van der Waals surface area contributed by atoms with Gasteiger partial charge in [0.25, 0.3) is 0 Å². The Morgan fingerprint density at radius 2 is 1.89 bits per heavy atom. The molecule has 2 aromatic heterocycles. The second-order valence-electron chi connectivity index (χ2n) is 7.61. The number of pyridine rings is 2. The van der Waals surface area contributed by atoms with Crippen molar-refractivity contribution in [3.05, 3.63) is 46.2 Å². The lowest BCUT2D eigenvalue weighted by Crippen LogP contribution is -2.47. The molecule has 152 valence electrons. The van der Waals surface area contributed by atoms with E-state index in [4.69, 9.17) is 5.73 Å². The SMILES string of the molecule is Nc1ncc(Br)cc1C(=O)c1cccc(N2CCC(N3CCCCC3)CC2)n1.[HH].[HH]. The Kier molecular flexibility index (Phi) is 5.92. The van der Waals surface area contributed by atoms with E-state index in [1.54, 1.807) is 18.3 Å². The van der Waals surface area contributed by atoms with Crippen LogP contribution in [0.1, 0.15) is 51.0 Å². The summed E-state index contributed by atoms with van der Waals surface area (Å²) in [6.07, 6.45) is 7.93. The third-order valence-electron chi connectivity index (χ3n) is 5.79. The molecule has 2 aliphatic heterocycles. The molecule has 6 nitrogen and oxygen atoms in total. The molecule has 0 atom stereocenters. The summed E-state index contributed by atoms with van der Waals surface area (Å²) in [5, 5.41) is 0. The minimum absolute atomic E-state index is 0. The quantitative estimate of drug-likeness (QED) is 0.713. The van der Waals surface area contributed by atoms with E-state index in [1.165, 1.54) is 32.4 Å². The van der Waals surface area contributed by atoms with Crippen molar-refractivity contribution in [1.29, 1.82) is 0 Å². The summed E-state index contributed by atoms with van der Waals surface area (Å²) in [7, 11) is 0. The van der Waals surface area contributed by atoms with Crippen LogP contribution in [0.25, 0.3) is 0 Å². The third kappa shape index (κ3) is 4.20. The highest BCUT2D eigenvalue weighted by atomic mass is 79.9. The molecule has 2 aromatic rings. The summed E-state index contributed by atoms with van der Waals surface area (Å²) >= 11 is 3.35. The second kappa shape index (κ2) is 8.57. The molecule has 0 aliphatic carbocycles. The van der Waals surface area contributed by atoms with Gasteiger partial charge in [-0.15, -0.1) is 0 Å². The Morgan fingerprint density at radius 3 is 2.64 bits per heavy atom. The molecule has 0 unspecified atom stereocenters. The molecule has 2 saturated heterocycles. The number of hydrogen-bond donors (Lipinski definition) is 1. The fourth-order valence-electron chi connectivity index (χ4n) is 4.24. The molecule has 2 N–H and O–H groups in total. The molecule has 4 rings (SSSR count). The molecule has 0 aromatic carbocycles. The van der Waals surface area contributed by atoms with Crippen LogP contribution >= 0.6 is 15.9 Å². The predicted octanol–water partition coefficient (Wildman–Crippen LogP) is 4.00. The number of hydrogen-bond acceptors (Lipinski definition) is 6. The van der Waals surface area contributed by atoms with Gasteiger partial charge < -0.3 is 15.5 Å². The minimum Gasteiger partial charge on any atom is -0.383 e. The van der Waals surface area contributed by atoms with E-state index >= 15 is 0 Å². The van der Waals surface area contributed by atoms with Crippen LogP contribution in [0.15, 0.2) is 34.9 Å². The molecular weight excluding hydrogens is 418 g/mol. The fourth-order valence-corrected chi connectivity index (χ4v) is 4.57. The number of ketones is 1. The highest BCUT2D eigenvalue weighted by Crippen LogP contribution is 2.25. The summed E-state index contributed by atoms with van der Waals surface area (Å²) in [5.41, 5.74) is 6.68. The van der Waals surface area contributed by atoms with E-state index < -0.39 is 0 Å². The number of aromatic nitrogens is 2. The molecular formula is C21H30BrN5O. The summed E-state index contributed by atoms with van der Waals surface area (Å²) in [5.74, 6) is 0.892. The first-order valence-corrected chi connectivity index (χ1v) is 10.8. The summed E-state index contributed by atoms with van der Waals surface area (Å²) < 4.78 is 0.723. The maximum absolute atomic E-state index is 12.9. The maximum atomic E-state index is 12.9. The summed E-state index contributed by atoms with van der Waals surface area (Å²) in [6.45, 7) is 4.45. The highest BCUT2D eigenvalue weighted by Gasteiger charge is 2.26. The first-order valence-electron chi connectivity index (χ1n) is 10.0. The van der Waals surface area contributed by atoms with Gasteiger partial charge in [0.15, 0.2) is 0 Å². The van der Waals surface area contributed by atoms with Crippen molar-refractivity contribution < 1.29 is 7.65 Å². The van der Waals surface area contributed by atoms with Crippen molar-refractivity contribution in [3.8, 4) is 0 Å². The zero-order valence-electron chi connectivity index (χ0n) is 16.0.